The number of nitrogens with one attached hydrogen (secondary N) is 1. The number of hydrogen-bond donors (Lipinski definition) is 1. The summed E-state index contributed by atoms with van der Waals surface area (Å²) in [4.78, 5) is 11.9. The van der Waals surface area contributed by atoms with Gasteiger partial charge in [0, 0.05) is 18.5 Å². The minimum Gasteiger partial charge on any atom is -0.421 e. The number of halogens is 2. The summed E-state index contributed by atoms with van der Waals surface area (Å²) in [6.07, 6.45) is 0.280. The Bertz CT molecular complexity index is 864. The molecule has 0 saturated carbocycles. The first kappa shape index (κ1) is 15.8. The first-order valence-electron chi connectivity index (χ1n) is 7.24. The maximum absolute atomic E-state index is 13.6. The molecule has 1 aromatic heterocycles. The molecule has 0 aliphatic carbocycles. The van der Waals surface area contributed by atoms with Crippen molar-refractivity contribution in [2.45, 2.75) is 6.42 Å². The predicted octanol–water partition coefficient (Wildman–Crippen LogP) is 2.99. The van der Waals surface area contributed by atoms with E-state index in [1.165, 1.54) is 24.3 Å². The average Bonchev–Trinajstić information content (AvgIpc) is 3.04. The van der Waals surface area contributed by atoms with Gasteiger partial charge in [0.1, 0.15) is 11.6 Å². The Balaban J connectivity index is 1.58. The number of hydrogen-bond acceptors (Lipinski definition) is 4. The lowest BCUT2D eigenvalue weighted by Crippen LogP contribution is -2.25. The average molecular weight is 329 g/mol. The minimum absolute atomic E-state index is 0.0829. The van der Waals surface area contributed by atoms with Crippen LogP contribution in [0.3, 0.4) is 0 Å². The SMILES string of the molecule is O=C(NCCc1nnc(-c2ccccc2F)o1)c1cccc(F)c1. The quantitative estimate of drug-likeness (QED) is 0.781. The van der Waals surface area contributed by atoms with Crippen LogP contribution >= 0.6 is 0 Å². The molecule has 5 nitrogen and oxygen atoms in total. The molecule has 0 unspecified atom stereocenters. The monoisotopic (exact) mass is 329 g/mol. The summed E-state index contributed by atoms with van der Waals surface area (Å²) in [6.45, 7) is 0.230. The van der Waals surface area contributed by atoms with Crippen molar-refractivity contribution in [1.82, 2.24) is 15.5 Å². The molecule has 1 heterocycles. The molecule has 122 valence electrons. The molecule has 24 heavy (non-hydrogen) atoms. The normalized spacial score (nSPS) is 10.6. The molecule has 0 radical (unpaired) electrons. The zero-order valence-corrected chi connectivity index (χ0v) is 12.5. The molecule has 0 aliphatic heterocycles. The molecule has 1 N–H and O–H groups in total. The molecule has 1 amide bonds. The number of benzene rings is 2. The summed E-state index contributed by atoms with van der Waals surface area (Å²) in [7, 11) is 0. The molecule has 7 heteroatoms. The van der Waals surface area contributed by atoms with Gasteiger partial charge < -0.3 is 9.73 Å². The fourth-order valence-electron chi connectivity index (χ4n) is 2.11. The van der Waals surface area contributed by atoms with Crippen LogP contribution in [0.4, 0.5) is 8.78 Å². The van der Waals surface area contributed by atoms with Crippen LogP contribution < -0.4 is 5.32 Å². The van der Waals surface area contributed by atoms with Crippen molar-refractivity contribution in [2.75, 3.05) is 6.54 Å². The van der Waals surface area contributed by atoms with E-state index in [0.717, 1.165) is 6.07 Å². The van der Waals surface area contributed by atoms with Crippen molar-refractivity contribution in [3.8, 4) is 11.5 Å². The van der Waals surface area contributed by atoms with Gasteiger partial charge in [-0.15, -0.1) is 10.2 Å². The fourth-order valence-corrected chi connectivity index (χ4v) is 2.11. The van der Waals surface area contributed by atoms with Gasteiger partial charge in [0.2, 0.25) is 5.89 Å². The molecule has 0 aliphatic rings. The van der Waals surface area contributed by atoms with Crippen molar-refractivity contribution >= 4 is 5.91 Å². The first-order valence-corrected chi connectivity index (χ1v) is 7.24. The van der Waals surface area contributed by atoms with E-state index in [2.05, 4.69) is 15.5 Å². The second-order valence-corrected chi connectivity index (χ2v) is 5.00. The topological polar surface area (TPSA) is 68.0 Å². The highest BCUT2D eigenvalue weighted by molar-refractivity contribution is 5.94. The molecular weight excluding hydrogens is 316 g/mol. The minimum atomic E-state index is -0.478. The molecule has 0 bridgehead atoms. The second-order valence-electron chi connectivity index (χ2n) is 5.00. The van der Waals surface area contributed by atoms with E-state index >= 15 is 0 Å². The van der Waals surface area contributed by atoms with Gasteiger partial charge in [-0.2, -0.15) is 0 Å². The van der Waals surface area contributed by atoms with E-state index in [1.807, 2.05) is 0 Å². The Morgan fingerprint density at radius 1 is 1.08 bits per heavy atom. The predicted molar refractivity (Wildman–Crippen MR) is 82.1 cm³/mol. The molecule has 3 rings (SSSR count). The van der Waals surface area contributed by atoms with Gasteiger partial charge in [-0.3, -0.25) is 4.79 Å². The number of carbonyl (C=O) groups excluding carboxylic acids is 1. The summed E-state index contributed by atoms with van der Waals surface area (Å²) in [6, 6.07) is 11.5. The smallest absolute Gasteiger partial charge is 0.251 e. The van der Waals surface area contributed by atoms with Crippen LogP contribution in [-0.2, 0) is 6.42 Å². The van der Waals surface area contributed by atoms with Gasteiger partial charge in [-0.25, -0.2) is 8.78 Å². The largest absolute Gasteiger partial charge is 0.421 e. The van der Waals surface area contributed by atoms with Crippen molar-refractivity contribution in [3.05, 3.63) is 71.6 Å². The summed E-state index contributed by atoms with van der Waals surface area (Å²) < 4.78 is 32.1. The number of amides is 1. The number of carbonyl (C=O) groups is 1. The Hall–Kier alpha value is -3.09. The van der Waals surface area contributed by atoms with Crippen LogP contribution in [0.15, 0.2) is 52.9 Å². The molecule has 0 atom stereocenters. The van der Waals surface area contributed by atoms with E-state index in [-0.39, 0.29) is 35.9 Å². The molecule has 0 saturated heterocycles. The number of aromatic nitrogens is 2. The summed E-state index contributed by atoms with van der Waals surface area (Å²) >= 11 is 0. The third kappa shape index (κ3) is 3.62. The van der Waals surface area contributed by atoms with Crippen molar-refractivity contribution in [3.63, 3.8) is 0 Å². The van der Waals surface area contributed by atoms with Gasteiger partial charge in [0.25, 0.3) is 11.8 Å². The number of nitrogens with zero attached hydrogens (tertiary/aromatic N) is 2. The summed E-state index contributed by atoms with van der Waals surface area (Å²) in [5, 5.41) is 10.2. The van der Waals surface area contributed by atoms with Crippen molar-refractivity contribution < 1.29 is 18.0 Å². The maximum Gasteiger partial charge on any atom is 0.251 e. The highest BCUT2D eigenvalue weighted by Gasteiger charge is 2.13. The van der Waals surface area contributed by atoms with E-state index in [0.29, 0.717) is 0 Å². The van der Waals surface area contributed by atoms with Gasteiger partial charge in [-0.1, -0.05) is 18.2 Å². The Labute approximate surface area is 136 Å². The van der Waals surface area contributed by atoms with Crippen LogP contribution in [-0.4, -0.2) is 22.6 Å². The highest BCUT2D eigenvalue weighted by Crippen LogP contribution is 2.20. The maximum atomic E-state index is 13.6. The van der Waals surface area contributed by atoms with E-state index in [4.69, 9.17) is 4.42 Å². The molecule has 0 spiro atoms. The molecule has 2 aromatic carbocycles. The lowest BCUT2D eigenvalue weighted by molar-refractivity contribution is 0.0953. The highest BCUT2D eigenvalue weighted by atomic mass is 19.1. The Morgan fingerprint density at radius 2 is 1.92 bits per heavy atom. The lowest BCUT2D eigenvalue weighted by atomic mass is 10.2. The van der Waals surface area contributed by atoms with Gasteiger partial charge >= 0.3 is 0 Å². The Morgan fingerprint density at radius 3 is 2.71 bits per heavy atom. The molecule has 3 aromatic rings. The Kier molecular flexibility index (Phi) is 4.60. The zero-order valence-electron chi connectivity index (χ0n) is 12.5. The van der Waals surface area contributed by atoms with Crippen LogP contribution in [0.5, 0.6) is 0 Å². The van der Waals surface area contributed by atoms with Gasteiger partial charge in [0.05, 0.1) is 5.56 Å². The van der Waals surface area contributed by atoms with Crippen LogP contribution in [0.1, 0.15) is 16.2 Å². The number of rotatable bonds is 5. The third-order valence-corrected chi connectivity index (χ3v) is 3.28. The first-order chi connectivity index (χ1) is 11.6. The van der Waals surface area contributed by atoms with Crippen molar-refractivity contribution in [1.29, 1.82) is 0 Å². The van der Waals surface area contributed by atoms with Crippen molar-refractivity contribution in [2.24, 2.45) is 0 Å². The fraction of sp³-hybridized carbons (Fsp3) is 0.118. The van der Waals surface area contributed by atoms with Crippen LogP contribution in [0, 0.1) is 11.6 Å². The van der Waals surface area contributed by atoms with Gasteiger partial charge in [0.15, 0.2) is 0 Å². The van der Waals surface area contributed by atoms with E-state index in [1.54, 1.807) is 18.2 Å². The third-order valence-electron chi connectivity index (χ3n) is 3.28. The zero-order chi connectivity index (χ0) is 16.9. The molecule has 0 fully saturated rings. The van der Waals surface area contributed by atoms with Gasteiger partial charge in [-0.05, 0) is 30.3 Å². The second kappa shape index (κ2) is 6.99. The van der Waals surface area contributed by atoms with E-state index < -0.39 is 17.5 Å². The van der Waals surface area contributed by atoms with E-state index in [9.17, 15) is 13.6 Å². The summed E-state index contributed by atoms with van der Waals surface area (Å²) in [5.74, 6) is -0.975. The summed E-state index contributed by atoms with van der Waals surface area (Å²) in [5.41, 5.74) is 0.452. The standard InChI is InChI=1S/C17H13F2N3O2/c18-12-5-3-4-11(10-12)16(23)20-9-8-15-21-22-17(24-15)13-6-1-2-7-14(13)19/h1-7,10H,8-9H2,(H,20,23). The van der Waals surface area contributed by atoms with Crippen LogP contribution in [0.25, 0.3) is 11.5 Å². The van der Waals surface area contributed by atoms with Crippen LogP contribution in [0.2, 0.25) is 0 Å². The molecular formula is C17H13F2N3O2. The lowest BCUT2D eigenvalue weighted by Gasteiger charge is -2.03.